The molecule has 226 valence electrons. The monoisotopic (exact) mass is 582 g/mol. The average molecular weight is 583 g/mol. The number of rotatable bonds is 6. The molecule has 4 aliphatic rings. The van der Waals surface area contributed by atoms with Crippen LogP contribution in [0.4, 0.5) is 0 Å². The summed E-state index contributed by atoms with van der Waals surface area (Å²) < 4.78 is 18.1. The summed E-state index contributed by atoms with van der Waals surface area (Å²) in [5, 5.41) is 0. The van der Waals surface area contributed by atoms with Crippen molar-refractivity contribution in [1.82, 2.24) is 0 Å². The second kappa shape index (κ2) is 11.4. The number of hydrogen-bond donors (Lipinski definition) is 0. The van der Waals surface area contributed by atoms with E-state index in [0.29, 0.717) is 23.5 Å². The summed E-state index contributed by atoms with van der Waals surface area (Å²) in [5.41, 5.74) is 3.26. The summed E-state index contributed by atoms with van der Waals surface area (Å²) in [6.07, 6.45) is 7.87. The molecule has 0 N–H and O–H groups in total. The first-order valence-electron chi connectivity index (χ1n) is 15.7. The van der Waals surface area contributed by atoms with Crippen molar-refractivity contribution in [3.63, 3.8) is 0 Å². The van der Waals surface area contributed by atoms with Gasteiger partial charge < -0.3 is 14.2 Å². The molecule has 2 aromatic rings. The zero-order chi connectivity index (χ0) is 30.4. The van der Waals surface area contributed by atoms with Crippen molar-refractivity contribution in [3.05, 3.63) is 94.8 Å². The van der Waals surface area contributed by atoms with Crippen LogP contribution in [-0.2, 0) is 19.0 Å². The van der Waals surface area contributed by atoms with Gasteiger partial charge in [-0.15, -0.1) is 0 Å². The highest BCUT2D eigenvalue weighted by molar-refractivity contribution is 5.90. The van der Waals surface area contributed by atoms with Crippen LogP contribution in [-0.4, -0.2) is 30.1 Å². The highest BCUT2D eigenvalue weighted by Gasteiger charge is 2.59. The fourth-order valence-corrected chi connectivity index (χ4v) is 8.83. The molecule has 6 rings (SSSR count). The van der Waals surface area contributed by atoms with Gasteiger partial charge in [-0.3, -0.25) is 4.79 Å². The van der Waals surface area contributed by atoms with Crippen LogP contribution in [0, 0.1) is 28.6 Å². The van der Waals surface area contributed by atoms with Crippen molar-refractivity contribution < 1.29 is 28.6 Å². The van der Waals surface area contributed by atoms with Crippen molar-refractivity contribution in [1.29, 1.82) is 0 Å². The maximum atomic E-state index is 12.9. The molecule has 0 saturated heterocycles. The van der Waals surface area contributed by atoms with Gasteiger partial charge in [-0.25, -0.2) is 9.59 Å². The standard InChI is InChI=1S/C37H42O6/c1-23(41-34(39)25-11-7-5-8-12-25)30-17-18-31-29-16-15-27-21-28(43-35(40)26-13-9-6-10-14-26)19-20-36(27,3)33(29)32(42-24(2)38)22-37(30,31)4/h5-14,16,23,27-28,30-31H,15,17-22H2,1-4H3/t23?,27?,28-,30?,31?,36?,37?/m1/s1. The first kappa shape index (κ1) is 29.4. The predicted molar refractivity (Wildman–Crippen MR) is 163 cm³/mol. The molecule has 6 nitrogen and oxygen atoms in total. The van der Waals surface area contributed by atoms with Crippen molar-refractivity contribution in [2.24, 2.45) is 28.6 Å². The van der Waals surface area contributed by atoms with Gasteiger partial charge >= 0.3 is 17.9 Å². The van der Waals surface area contributed by atoms with E-state index in [0.717, 1.165) is 44.3 Å². The summed E-state index contributed by atoms with van der Waals surface area (Å²) in [4.78, 5) is 38.2. The molecule has 6 heteroatoms. The Balaban J connectivity index is 1.25. The minimum atomic E-state index is -0.307. The van der Waals surface area contributed by atoms with Crippen molar-refractivity contribution in [2.45, 2.75) is 84.8 Å². The third-order valence-corrected chi connectivity index (χ3v) is 10.9. The molecular formula is C37H42O6. The number of carbonyl (C=O) groups is 3. The Bertz CT molecular complexity index is 1460. The van der Waals surface area contributed by atoms with Crippen LogP contribution in [0.25, 0.3) is 0 Å². The Labute approximate surface area is 254 Å². The second-order valence-corrected chi connectivity index (χ2v) is 13.5. The largest absolute Gasteiger partial charge is 0.459 e. The number of ether oxygens (including phenoxy) is 3. The van der Waals surface area contributed by atoms with Crippen molar-refractivity contribution in [3.8, 4) is 0 Å². The number of esters is 3. The van der Waals surface area contributed by atoms with E-state index >= 15 is 0 Å². The number of carbonyl (C=O) groups excluding carboxylic acids is 3. The molecule has 0 heterocycles. The number of hydrogen-bond acceptors (Lipinski definition) is 6. The molecule has 0 spiro atoms. The molecule has 0 bridgehead atoms. The molecule has 43 heavy (non-hydrogen) atoms. The predicted octanol–water partition coefficient (Wildman–Crippen LogP) is 7.85. The van der Waals surface area contributed by atoms with Crippen molar-refractivity contribution >= 4 is 17.9 Å². The normalized spacial score (nSPS) is 32.0. The fraction of sp³-hybridized carbons (Fsp3) is 0.486. The van der Waals surface area contributed by atoms with Gasteiger partial charge in [-0.05, 0) is 104 Å². The fourth-order valence-electron chi connectivity index (χ4n) is 8.83. The maximum absolute atomic E-state index is 12.9. The van der Waals surface area contributed by atoms with E-state index < -0.39 is 0 Å². The van der Waals surface area contributed by atoms with Gasteiger partial charge in [0.05, 0.1) is 11.1 Å². The number of fused-ring (bicyclic) bond motifs is 5. The van der Waals surface area contributed by atoms with Gasteiger partial charge in [0.15, 0.2) is 0 Å². The first-order valence-corrected chi connectivity index (χ1v) is 15.7. The quantitative estimate of drug-likeness (QED) is 0.255. The van der Waals surface area contributed by atoms with Gasteiger partial charge in [0, 0.05) is 19.3 Å². The van der Waals surface area contributed by atoms with Crippen LogP contribution < -0.4 is 0 Å². The Morgan fingerprint density at radius 2 is 1.53 bits per heavy atom. The zero-order valence-corrected chi connectivity index (χ0v) is 25.6. The van der Waals surface area contributed by atoms with E-state index in [1.54, 1.807) is 24.3 Å². The second-order valence-electron chi connectivity index (χ2n) is 13.5. The Morgan fingerprint density at radius 1 is 0.884 bits per heavy atom. The summed E-state index contributed by atoms with van der Waals surface area (Å²) in [5.74, 6) is 0.619. The highest BCUT2D eigenvalue weighted by atomic mass is 16.5. The topological polar surface area (TPSA) is 78.9 Å². The SMILES string of the molecule is CC(=O)OC1=C2C(=CCC3C[C@H](OC(=O)c4ccccc4)CCC23C)C2CCC(C(C)OC(=O)c3ccccc3)C2(C)C1. The lowest BCUT2D eigenvalue weighted by atomic mass is 9.51. The molecule has 0 aromatic heterocycles. The van der Waals surface area contributed by atoms with Gasteiger partial charge in [0.2, 0.25) is 0 Å². The zero-order valence-electron chi connectivity index (χ0n) is 25.6. The van der Waals surface area contributed by atoms with Crippen LogP contribution in [0.15, 0.2) is 83.6 Å². The Hall–Kier alpha value is -3.67. The number of allylic oxidation sites excluding steroid dienone is 4. The molecule has 7 atom stereocenters. The van der Waals surface area contributed by atoms with E-state index in [-0.39, 0.29) is 52.8 Å². The minimum Gasteiger partial charge on any atom is -0.459 e. The van der Waals surface area contributed by atoms with E-state index in [1.807, 2.05) is 43.3 Å². The Morgan fingerprint density at radius 3 is 2.19 bits per heavy atom. The first-order chi connectivity index (χ1) is 20.6. The lowest BCUT2D eigenvalue weighted by Gasteiger charge is -2.54. The molecule has 2 aromatic carbocycles. The molecule has 6 unspecified atom stereocenters. The molecule has 2 fully saturated rings. The van der Waals surface area contributed by atoms with Crippen LogP contribution >= 0.6 is 0 Å². The summed E-state index contributed by atoms with van der Waals surface area (Å²) in [7, 11) is 0. The highest BCUT2D eigenvalue weighted by Crippen LogP contribution is 2.66. The van der Waals surface area contributed by atoms with Crippen LogP contribution in [0.1, 0.15) is 93.4 Å². The van der Waals surface area contributed by atoms with E-state index in [4.69, 9.17) is 14.2 Å². The van der Waals surface area contributed by atoms with Gasteiger partial charge in [-0.1, -0.05) is 56.3 Å². The van der Waals surface area contributed by atoms with Crippen molar-refractivity contribution in [2.75, 3.05) is 0 Å². The molecule has 2 saturated carbocycles. The third kappa shape index (κ3) is 5.34. The van der Waals surface area contributed by atoms with Crippen LogP contribution in [0.2, 0.25) is 0 Å². The van der Waals surface area contributed by atoms with E-state index in [1.165, 1.54) is 18.1 Å². The third-order valence-electron chi connectivity index (χ3n) is 10.9. The van der Waals surface area contributed by atoms with Crippen LogP contribution in [0.5, 0.6) is 0 Å². The van der Waals surface area contributed by atoms with Gasteiger partial charge in [0.25, 0.3) is 0 Å². The molecule has 0 amide bonds. The smallest absolute Gasteiger partial charge is 0.338 e. The summed E-state index contributed by atoms with van der Waals surface area (Å²) in [6.45, 7) is 8.09. The van der Waals surface area contributed by atoms with E-state index in [9.17, 15) is 14.4 Å². The molecular weight excluding hydrogens is 540 g/mol. The Kier molecular flexibility index (Phi) is 7.82. The molecule has 0 radical (unpaired) electrons. The van der Waals surface area contributed by atoms with Gasteiger partial charge in [-0.2, -0.15) is 0 Å². The molecule has 4 aliphatic carbocycles. The van der Waals surface area contributed by atoms with Crippen LogP contribution in [0.3, 0.4) is 0 Å². The average Bonchev–Trinajstić information content (AvgIpc) is 3.34. The van der Waals surface area contributed by atoms with Gasteiger partial charge in [0.1, 0.15) is 18.0 Å². The summed E-state index contributed by atoms with van der Waals surface area (Å²) in [6, 6.07) is 18.3. The lowest BCUT2D eigenvalue weighted by Crippen LogP contribution is -2.47. The maximum Gasteiger partial charge on any atom is 0.338 e. The van der Waals surface area contributed by atoms with E-state index in [2.05, 4.69) is 19.9 Å². The minimum absolute atomic E-state index is 0.136. The molecule has 0 aliphatic heterocycles. The summed E-state index contributed by atoms with van der Waals surface area (Å²) >= 11 is 0. The lowest BCUT2D eigenvalue weighted by molar-refractivity contribution is -0.138. The number of benzene rings is 2.